The molecule has 1 saturated carbocycles. The molecule has 0 radical (unpaired) electrons. The van der Waals surface area contributed by atoms with Gasteiger partial charge in [0.05, 0.1) is 18.4 Å². The van der Waals surface area contributed by atoms with Gasteiger partial charge in [-0.1, -0.05) is 11.6 Å². The fourth-order valence-corrected chi connectivity index (χ4v) is 3.03. The number of piperidine rings is 1. The Bertz CT molecular complexity index is 548. The highest BCUT2D eigenvalue weighted by atomic mass is 35.5. The number of aromatic nitrogens is 2. The van der Waals surface area contributed by atoms with Crippen LogP contribution in [0.4, 0.5) is 5.69 Å². The van der Waals surface area contributed by atoms with Gasteiger partial charge in [-0.2, -0.15) is 5.10 Å². The second-order valence-electron chi connectivity index (χ2n) is 5.86. The molecule has 1 aromatic rings. The Labute approximate surface area is 123 Å². The first-order chi connectivity index (χ1) is 9.58. The lowest BCUT2D eigenvalue weighted by Crippen LogP contribution is -2.30. The van der Waals surface area contributed by atoms with E-state index in [1.165, 1.54) is 4.68 Å². The molecule has 0 bridgehead atoms. The summed E-state index contributed by atoms with van der Waals surface area (Å²) in [6, 6.07) is 0.438. The number of hydrogen-bond donors (Lipinski definition) is 2. The van der Waals surface area contributed by atoms with E-state index in [0.29, 0.717) is 30.1 Å². The van der Waals surface area contributed by atoms with E-state index < -0.39 is 0 Å². The molecule has 2 aliphatic rings. The van der Waals surface area contributed by atoms with Gasteiger partial charge in [0.2, 0.25) is 0 Å². The number of rotatable bonds is 5. The van der Waals surface area contributed by atoms with Crippen LogP contribution in [-0.4, -0.2) is 54.5 Å². The second kappa shape index (κ2) is 5.35. The standard InChI is InChI=1S/C13H20ClN5O/c1-18(2)3-4-19-13(20)11(14)10(7-16-19)17-12-8-5-15-6-9(8)12/h7-9,12,15,17H,3-6H2,1-2H3. The topological polar surface area (TPSA) is 62.2 Å². The van der Waals surface area contributed by atoms with Crippen molar-refractivity contribution in [2.75, 3.05) is 39.0 Å². The van der Waals surface area contributed by atoms with E-state index in [0.717, 1.165) is 19.6 Å². The van der Waals surface area contributed by atoms with Gasteiger partial charge in [0.1, 0.15) is 5.02 Å². The van der Waals surface area contributed by atoms with Crippen LogP contribution in [0.3, 0.4) is 0 Å². The fourth-order valence-electron chi connectivity index (χ4n) is 2.83. The lowest BCUT2D eigenvalue weighted by Gasteiger charge is -2.13. The Morgan fingerprint density at radius 2 is 2.20 bits per heavy atom. The molecule has 110 valence electrons. The second-order valence-corrected chi connectivity index (χ2v) is 6.24. The minimum absolute atomic E-state index is 0.220. The molecule has 20 heavy (non-hydrogen) atoms. The Morgan fingerprint density at radius 3 is 2.85 bits per heavy atom. The smallest absolute Gasteiger partial charge is 0.287 e. The Kier molecular flexibility index (Phi) is 3.70. The number of fused-ring (bicyclic) bond motifs is 1. The Hall–Kier alpha value is -1.11. The van der Waals surface area contributed by atoms with Crippen molar-refractivity contribution in [1.29, 1.82) is 0 Å². The number of likely N-dealkylation sites (N-methyl/N-ethyl adjacent to an activating group) is 1. The molecule has 3 rings (SSSR count). The average molecular weight is 298 g/mol. The highest BCUT2D eigenvalue weighted by Crippen LogP contribution is 2.44. The van der Waals surface area contributed by atoms with Gasteiger partial charge in [-0.3, -0.25) is 4.79 Å². The minimum atomic E-state index is -0.220. The predicted molar refractivity (Wildman–Crippen MR) is 79.3 cm³/mol. The summed E-state index contributed by atoms with van der Waals surface area (Å²) in [4.78, 5) is 14.2. The summed E-state index contributed by atoms with van der Waals surface area (Å²) < 4.78 is 1.42. The molecule has 2 unspecified atom stereocenters. The number of halogens is 1. The molecular weight excluding hydrogens is 278 g/mol. The lowest BCUT2D eigenvalue weighted by molar-refractivity contribution is 0.367. The average Bonchev–Trinajstić information content (AvgIpc) is 2.85. The van der Waals surface area contributed by atoms with Gasteiger partial charge in [0.15, 0.2) is 0 Å². The summed E-state index contributed by atoms with van der Waals surface area (Å²) in [6.07, 6.45) is 1.67. The largest absolute Gasteiger partial charge is 0.379 e. The molecule has 0 spiro atoms. The van der Waals surface area contributed by atoms with Crippen molar-refractivity contribution in [2.45, 2.75) is 12.6 Å². The third kappa shape index (κ3) is 2.55. The predicted octanol–water partition coefficient (Wildman–Crippen LogP) is 0.0880. The molecule has 1 aliphatic carbocycles. The van der Waals surface area contributed by atoms with E-state index in [9.17, 15) is 4.79 Å². The van der Waals surface area contributed by atoms with Crippen molar-refractivity contribution >= 4 is 17.3 Å². The third-order valence-electron chi connectivity index (χ3n) is 4.16. The van der Waals surface area contributed by atoms with Crippen molar-refractivity contribution in [1.82, 2.24) is 20.0 Å². The van der Waals surface area contributed by atoms with E-state index >= 15 is 0 Å². The molecule has 2 atom stereocenters. The van der Waals surface area contributed by atoms with Crippen LogP contribution in [0.5, 0.6) is 0 Å². The molecule has 0 amide bonds. The van der Waals surface area contributed by atoms with Crippen molar-refractivity contribution in [3.05, 3.63) is 21.6 Å². The molecule has 0 aromatic carbocycles. The fraction of sp³-hybridized carbons (Fsp3) is 0.692. The van der Waals surface area contributed by atoms with Crippen LogP contribution in [0.2, 0.25) is 5.02 Å². The van der Waals surface area contributed by atoms with Crippen molar-refractivity contribution in [3.63, 3.8) is 0 Å². The summed E-state index contributed by atoms with van der Waals surface area (Å²) >= 11 is 6.18. The monoisotopic (exact) mass is 297 g/mol. The third-order valence-corrected chi connectivity index (χ3v) is 4.52. The number of nitrogens with one attached hydrogen (secondary N) is 2. The summed E-state index contributed by atoms with van der Waals surface area (Å²) in [5.74, 6) is 1.34. The van der Waals surface area contributed by atoms with E-state index in [-0.39, 0.29) is 10.6 Å². The first-order valence-electron chi connectivity index (χ1n) is 6.95. The number of nitrogens with zero attached hydrogens (tertiary/aromatic N) is 3. The van der Waals surface area contributed by atoms with Crippen molar-refractivity contribution in [2.24, 2.45) is 11.8 Å². The van der Waals surface area contributed by atoms with Crippen LogP contribution < -0.4 is 16.2 Å². The normalized spacial score (nSPS) is 27.7. The van der Waals surface area contributed by atoms with Gasteiger partial charge in [-0.15, -0.1) is 0 Å². The quantitative estimate of drug-likeness (QED) is 0.806. The number of hydrogen-bond acceptors (Lipinski definition) is 5. The maximum atomic E-state index is 12.1. The SMILES string of the molecule is CN(C)CCn1ncc(NC2C3CNCC32)c(Cl)c1=O. The van der Waals surface area contributed by atoms with Crippen LogP contribution in [0.15, 0.2) is 11.0 Å². The van der Waals surface area contributed by atoms with Gasteiger partial charge in [0.25, 0.3) is 5.56 Å². The zero-order valence-electron chi connectivity index (χ0n) is 11.8. The van der Waals surface area contributed by atoms with Crippen molar-refractivity contribution < 1.29 is 0 Å². The van der Waals surface area contributed by atoms with Crippen LogP contribution in [0.1, 0.15) is 0 Å². The van der Waals surface area contributed by atoms with Crippen LogP contribution >= 0.6 is 11.6 Å². The zero-order valence-corrected chi connectivity index (χ0v) is 12.5. The highest BCUT2D eigenvalue weighted by Gasteiger charge is 2.53. The molecule has 2 fully saturated rings. The first-order valence-corrected chi connectivity index (χ1v) is 7.33. The molecule has 1 saturated heterocycles. The van der Waals surface area contributed by atoms with Gasteiger partial charge in [-0.25, -0.2) is 4.68 Å². The van der Waals surface area contributed by atoms with E-state index in [1.54, 1.807) is 6.20 Å². The van der Waals surface area contributed by atoms with Crippen LogP contribution in [-0.2, 0) is 6.54 Å². The minimum Gasteiger partial charge on any atom is -0.379 e. The molecule has 1 aromatic heterocycles. The van der Waals surface area contributed by atoms with Gasteiger partial charge >= 0.3 is 0 Å². The highest BCUT2D eigenvalue weighted by molar-refractivity contribution is 6.32. The van der Waals surface area contributed by atoms with Crippen LogP contribution in [0.25, 0.3) is 0 Å². The molecular formula is C13H20ClN5O. The van der Waals surface area contributed by atoms with E-state index in [4.69, 9.17) is 11.6 Å². The van der Waals surface area contributed by atoms with E-state index in [1.807, 2.05) is 19.0 Å². The van der Waals surface area contributed by atoms with Crippen LogP contribution in [0, 0.1) is 11.8 Å². The maximum Gasteiger partial charge on any atom is 0.287 e. The molecule has 2 heterocycles. The van der Waals surface area contributed by atoms with Gasteiger partial charge < -0.3 is 15.5 Å². The number of anilines is 1. The van der Waals surface area contributed by atoms with Gasteiger partial charge in [-0.05, 0) is 25.9 Å². The Balaban J connectivity index is 1.70. The summed E-state index contributed by atoms with van der Waals surface area (Å²) in [7, 11) is 3.92. The Morgan fingerprint density at radius 1 is 1.50 bits per heavy atom. The van der Waals surface area contributed by atoms with E-state index in [2.05, 4.69) is 15.7 Å². The molecule has 7 heteroatoms. The lowest BCUT2D eigenvalue weighted by atomic mass is 10.4. The molecule has 1 aliphatic heterocycles. The maximum absolute atomic E-state index is 12.1. The first kappa shape index (κ1) is 13.9. The van der Waals surface area contributed by atoms with Gasteiger partial charge in [0, 0.05) is 25.7 Å². The summed E-state index contributed by atoms with van der Waals surface area (Å²) in [6.45, 7) is 3.40. The molecule has 6 nitrogen and oxygen atoms in total. The zero-order chi connectivity index (χ0) is 14.3. The summed E-state index contributed by atoms with van der Waals surface area (Å²) in [5.41, 5.74) is 0.444. The molecule has 2 N–H and O–H groups in total. The summed E-state index contributed by atoms with van der Waals surface area (Å²) in [5, 5.41) is 11.1. The van der Waals surface area contributed by atoms with Crippen molar-refractivity contribution in [3.8, 4) is 0 Å².